The first-order valence-electron chi connectivity index (χ1n) is 6.00. The van der Waals surface area contributed by atoms with Crippen LogP contribution in [0, 0.1) is 6.92 Å². The highest BCUT2D eigenvalue weighted by atomic mass is 32.1. The Bertz CT molecular complexity index is 514. The highest BCUT2D eigenvalue weighted by Gasteiger charge is 2.28. The lowest BCUT2D eigenvalue weighted by Gasteiger charge is -2.27. The SMILES string of the molecule is C/C=C1/CCOC(c2cc(C=O)sc2C)C1=NC. The Labute approximate surface area is 111 Å². The fourth-order valence-electron chi connectivity index (χ4n) is 2.29. The minimum Gasteiger partial charge on any atom is -0.367 e. The van der Waals surface area contributed by atoms with Crippen LogP contribution in [0.3, 0.4) is 0 Å². The predicted molar refractivity (Wildman–Crippen MR) is 74.9 cm³/mol. The van der Waals surface area contributed by atoms with Crippen molar-refractivity contribution in [3.05, 3.63) is 33.0 Å². The summed E-state index contributed by atoms with van der Waals surface area (Å²) in [7, 11) is 1.79. The maximum atomic E-state index is 10.9. The molecule has 0 spiro atoms. The summed E-state index contributed by atoms with van der Waals surface area (Å²) in [6.07, 6.45) is 3.77. The Morgan fingerprint density at radius 2 is 2.33 bits per heavy atom. The summed E-state index contributed by atoms with van der Waals surface area (Å²) in [5, 5.41) is 0. The number of hydrogen-bond acceptors (Lipinski definition) is 4. The smallest absolute Gasteiger partial charge is 0.160 e. The largest absolute Gasteiger partial charge is 0.367 e. The number of nitrogens with zero attached hydrogens (tertiary/aromatic N) is 1. The molecule has 0 aliphatic carbocycles. The quantitative estimate of drug-likeness (QED) is 0.767. The molecule has 3 nitrogen and oxygen atoms in total. The van der Waals surface area contributed by atoms with Crippen LogP contribution < -0.4 is 0 Å². The van der Waals surface area contributed by atoms with E-state index in [2.05, 4.69) is 11.1 Å². The Morgan fingerprint density at radius 3 is 2.89 bits per heavy atom. The van der Waals surface area contributed by atoms with E-state index in [1.54, 1.807) is 7.05 Å². The predicted octanol–water partition coefficient (Wildman–Crippen LogP) is 3.35. The summed E-state index contributed by atoms with van der Waals surface area (Å²) in [5.41, 5.74) is 3.30. The second-order valence-corrected chi connectivity index (χ2v) is 5.49. The van der Waals surface area contributed by atoms with Gasteiger partial charge in [-0.15, -0.1) is 11.3 Å². The lowest BCUT2D eigenvalue weighted by atomic mass is 9.94. The average Bonchev–Trinajstić information content (AvgIpc) is 2.78. The number of hydrogen-bond donors (Lipinski definition) is 0. The first-order chi connectivity index (χ1) is 8.71. The van der Waals surface area contributed by atoms with Gasteiger partial charge in [-0.1, -0.05) is 6.08 Å². The number of aliphatic imine (C=N–C) groups is 1. The van der Waals surface area contributed by atoms with Crippen LogP contribution in [-0.2, 0) is 4.74 Å². The molecule has 1 unspecified atom stereocenters. The van der Waals surface area contributed by atoms with Gasteiger partial charge in [-0.25, -0.2) is 0 Å². The van der Waals surface area contributed by atoms with Crippen LogP contribution in [-0.4, -0.2) is 25.7 Å². The van der Waals surface area contributed by atoms with Crippen LogP contribution in [0.25, 0.3) is 0 Å². The van der Waals surface area contributed by atoms with Crippen molar-refractivity contribution in [3.63, 3.8) is 0 Å². The van der Waals surface area contributed by atoms with Crippen LogP contribution in [0.15, 0.2) is 22.7 Å². The third-order valence-electron chi connectivity index (χ3n) is 3.20. The topological polar surface area (TPSA) is 38.7 Å². The number of ether oxygens (including phenoxy) is 1. The van der Waals surface area contributed by atoms with Gasteiger partial charge in [0.1, 0.15) is 6.10 Å². The molecule has 1 fully saturated rings. The molecule has 1 atom stereocenters. The van der Waals surface area contributed by atoms with Gasteiger partial charge in [-0.2, -0.15) is 0 Å². The Hall–Kier alpha value is -1.26. The fraction of sp³-hybridized carbons (Fsp3) is 0.429. The highest BCUT2D eigenvalue weighted by Crippen LogP contribution is 2.34. The fourth-order valence-corrected chi connectivity index (χ4v) is 3.16. The van der Waals surface area contributed by atoms with E-state index in [0.29, 0.717) is 6.61 Å². The molecule has 1 aliphatic rings. The van der Waals surface area contributed by atoms with Crippen LogP contribution in [0.2, 0.25) is 0 Å². The lowest BCUT2D eigenvalue weighted by molar-refractivity contribution is 0.0912. The van der Waals surface area contributed by atoms with Crippen molar-refractivity contribution in [2.24, 2.45) is 4.99 Å². The zero-order chi connectivity index (χ0) is 13.1. The molecular formula is C14H17NO2S. The first-order valence-corrected chi connectivity index (χ1v) is 6.82. The second kappa shape index (κ2) is 5.59. The van der Waals surface area contributed by atoms with Crippen LogP contribution in [0.4, 0.5) is 0 Å². The van der Waals surface area contributed by atoms with Crippen molar-refractivity contribution >= 4 is 23.3 Å². The van der Waals surface area contributed by atoms with E-state index >= 15 is 0 Å². The number of carbonyl (C=O) groups is 1. The summed E-state index contributed by atoms with van der Waals surface area (Å²) >= 11 is 1.51. The molecule has 18 heavy (non-hydrogen) atoms. The van der Waals surface area contributed by atoms with E-state index in [-0.39, 0.29) is 6.10 Å². The van der Waals surface area contributed by atoms with Crippen LogP contribution in [0.5, 0.6) is 0 Å². The lowest BCUT2D eigenvalue weighted by Crippen LogP contribution is -2.25. The third kappa shape index (κ3) is 2.31. The molecule has 4 heteroatoms. The molecule has 2 rings (SSSR count). The van der Waals surface area contributed by atoms with Crippen LogP contribution >= 0.6 is 11.3 Å². The number of carbonyl (C=O) groups excluding carboxylic acids is 1. The van der Waals surface area contributed by atoms with E-state index in [4.69, 9.17) is 4.74 Å². The molecule has 1 aromatic rings. The molecule has 1 aromatic heterocycles. The summed E-state index contributed by atoms with van der Waals surface area (Å²) in [6.45, 7) is 4.75. The third-order valence-corrected chi connectivity index (χ3v) is 4.19. The van der Waals surface area contributed by atoms with Gasteiger partial charge in [0.25, 0.3) is 0 Å². The zero-order valence-corrected chi connectivity index (χ0v) is 11.7. The van der Waals surface area contributed by atoms with E-state index in [1.807, 2.05) is 19.9 Å². The van der Waals surface area contributed by atoms with Gasteiger partial charge in [0, 0.05) is 17.5 Å². The second-order valence-electron chi connectivity index (χ2n) is 4.20. The molecule has 1 aliphatic heterocycles. The summed E-state index contributed by atoms with van der Waals surface area (Å²) in [4.78, 5) is 17.1. The Morgan fingerprint density at radius 1 is 1.56 bits per heavy atom. The number of allylic oxidation sites excluding steroid dienone is 1. The number of aldehydes is 1. The van der Waals surface area contributed by atoms with Crippen molar-refractivity contribution in [2.75, 3.05) is 13.7 Å². The summed E-state index contributed by atoms with van der Waals surface area (Å²) in [5.74, 6) is 0. The van der Waals surface area contributed by atoms with Gasteiger partial charge in [0.15, 0.2) is 6.29 Å². The molecule has 1 saturated heterocycles. The summed E-state index contributed by atoms with van der Waals surface area (Å²) in [6, 6.07) is 1.92. The summed E-state index contributed by atoms with van der Waals surface area (Å²) < 4.78 is 5.86. The molecule has 2 heterocycles. The van der Waals surface area contributed by atoms with E-state index in [9.17, 15) is 4.79 Å². The van der Waals surface area contributed by atoms with Crippen molar-refractivity contribution in [3.8, 4) is 0 Å². The first kappa shape index (κ1) is 13.2. The van der Waals surface area contributed by atoms with E-state index in [0.717, 1.165) is 33.7 Å². The van der Waals surface area contributed by atoms with Gasteiger partial charge in [-0.05, 0) is 31.9 Å². The minimum absolute atomic E-state index is 0.125. The molecule has 0 amide bonds. The van der Waals surface area contributed by atoms with Crippen molar-refractivity contribution in [1.82, 2.24) is 0 Å². The molecule has 0 aromatic carbocycles. The zero-order valence-electron chi connectivity index (χ0n) is 10.9. The van der Waals surface area contributed by atoms with Crippen molar-refractivity contribution in [2.45, 2.75) is 26.4 Å². The molecule has 0 saturated carbocycles. The van der Waals surface area contributed by atoms with Crippen molar-refractivity contribution in [1.29, 1.82) is 0 Å². The normalized spacial score (nSPS) is 24.7. The van der Waals surface area contributed by atoms with Crippen molar-refractivity contribution < 1.29 is 9.53 Å². The van der Waals surface area contributed by atoms with Gasteiger partial charge >= 0.3 is 0 Å². The van der Waals surface area contributed by atoms with E-state index < -0.39 is 0 Å². The molecule has 0 bridgehead atoms. The monoisotopic (exact) mass is 263 g/mol. The molecule has 96 valence electrons. The molecule has 0 N–H and O–H groups in total. The van der Waals surface area contributed by atoms with Gasteiger partial charge < -0.3 is 4.74 Å². The Kier molecular flexibility index (Phi) is 4.09. The van der Waals surface area contributed by atoms with Gasteiger partial charge in [0.2, 0.25) is 0 Å². The van der Waals surface area contributed by atoms with E-state index in [1.165, 1.54) is 16.9 Å². The number of thiophene rings is 1. The minimum atomic E-state index is -0.125. The number of aryl methyl sites for hydroxylation is 1. The Balaban J connectivity index is 2.42. The standard InChI is InChI=1S/C14H17NO2S/c1-4-10-5-6-17-14(13(10)15-3)12-7-11(8-16)18-9(12)2/h4,7-8,14H,5-6H2,1-3H3/b10-4-,15-13?. The molecule has 0 radical (unpaired) electrons. The van der Waals surface area contributed by atoms with Crippen LogP contribution in [0.1, 0.15) is 39.6 Å². The van der Waals surface area contributed by atoms with Gasteiger partial charge in [0.05, 0.1) is 17.2 Å². The molecular weight excluding hydrogens is 246 g/mol. The van der Waals surface area contributed by atoms with Gasteiger partial charge in [-0.3, -0.25) is 9.79 Å². The average molecular weight is 263 g/mol. The maximum Gasteiger partial charge on any atom is 0.160 e. The maximum absolute atomic E-state index is 10.9. The highest BCUT2D eigenvalue weighted by molar-refractivity contribution is 7.13. The number of rotatable bonds is 2.